The lowest BCUT2D eigenvalue weighted by molar-refractivity contribution is -0.137. The van der Waals surface area contributed by atoms with Crippen LogP contribution in [0.15, 0.2) is 0 Å². The van der Waals surface area contributed by atoms with Crippen LogP contribution in [0.1, 0.15) is 51.9 Å². The summed E-state index contributed by atoms with van der Waals surface area (Å²) < 4.78 is 0. The van der Waals surface area contributed by atoms with Gasteiger partial charge in [0.25, 0.3) is 0 Å². The van der Waals surface area contributed by atoms with Gasteiger partial charge in [-0.15, -0.1) is 0 Å². The molecule has 3 rings (SSSR count). The molecule has 4 unspecified atom stereocenters. The van der Waals surface area contributed by atoms with Gasteiger partial charge in [-0.25, -0.2) is 0 Å². The lowest BCUT2D eigenvalue weighted by Gasteiger charge is -2.44. The van der Waals surface area contributed by atoms with Crippen LogP contribution in [-0.2, 0) is 4.79 Å². The number of hydrogen-bond acceptors (Lipinski definition) is 3. The molecular formula is C17H31N3O. The second-order valence-corrected chi connectivity index (χ2v) is 7.27. The number of likely N-dealkylation sites (N-methyl/N-ethyl adjacent to an activating group) is 1. The summed E-state index contributed by atoms with van der Waals surface area (Å²) in [6, 6.07) is 1.23. The van der Waals surface area contributed by atoms with E-state index in [2.05, 4.69) is 29.1 Å². The van der Waals surface area contributed by atoms with Crippen molar-refractivity contribution in [3.63, 3.8) is 0 Å². The minimum atomic E-state index is 0.0882. The van der Waals surface area contributed by atoms with Crippen LogP contribution in [0.3, 0.4) is 0 Å². The molecule has 21 heavy (non-hydrogen) atoms. The second kappa shape index (κ2) is 6.66. The van der Waals surface area contributed by atoms with Crippen LogP contribution in [0.5, 0.6) is 0 Å². The number of carbonyl (C=O) groups is 1. The summed E-state index contributed by atoms with van der Waals surface area (Å²) in [6.45, 7) is 5.06. The van der Waals surface area contributed by atoms with Crippen molar-refractivity contribution in [2.24, 2.45) is 5.92 Å². The van der Waals surface area contributed by atoms with Gasteiger partial charge in [0, 0.05) is 31.7 Å². The van der Waals surface area contributed by atoms with Crippen LogP contribution in [0.2, 0.25) is 0 Å². The third-order valence-corrected chi connectivity index (χ3v) is 6.01. The second-order valence-electron chi connectivity index (χ2n) is 7.27. The van der Waals surface area contributed by atoms with Crippen LogP contribution < -0.4 is 5.32 Å². The lowest BCUT2D eigenvalue weighted by Crippen LogP contribution is -2.60. The number of nitrogens with zero attached hydrogens (tertiary/aromatic N) is 2. The molecule has 1 saturated carbocycles. The number of nitrogens with one attached hydrogen (secondary N) is 1. The van der Waals surface area contributed by atoms with E-state index in [9.17, 15) is 4.79 Å². The molecule has 0 aromatic heterocycles. The first-order chi connectivity index (χ1) is 10.2. The van der Waals surface area contributed by atoms with E-state index in [0.717, 1.165) is 38.4 Å². The molecule has 120 valence electrons. The third kappa shape index (κ3) is 3.26. The van der Waals surface area contributed by atoms with E-state index in [1.807, 2.05) is 0 Å². The molecule has 0 spiro atoms. The molecule has 0 aromatic rings. The van der Waals surface area contributed by atoms with Crippen LogP contribution in [0, 0.1) is 5.92 Å². The molecule has 4 nitrogen and oxygen atoms in total. The first-order valence-corrected chi connectivity index (χ1v) is 8.94. The maximum absolute atomic E-state index is 12.8. The molecule has 0 bridgehead atoms. The van der Waals surface area contributed by atoms with Crippen LogP contribution in [0.25, 0.3) is 0 Å². The minimum absolute atomic E-state index is 0.0882. The topological polar surface area (TPSA) is 35.6 Å². The van der Waals surface area contributed by atoms with Crippen molar-refractivity contribution in [3.05, 3.63) is 0 Å². The Labute approximate surface area is 129 Å². The molecule has 0 aromatic carbocycles. The van der Waals surface area contributed by atoms with Crippen molar-refractivity contribution in [2.75, 3.05) is 26.7 Å². The molecule has 2 heterocycles. The smallest absolute Gasteiger partial charge is 0.239 e. The summed E-state index contributed by atoms with van der Waals surface area (Å²) >= 11 is 0. The summed E-state index contributed by atoms with van der Waals surface area (Å²) in [5, 5.41) is 3.69. The summed E-state index contributed by atoms with van der Waals surface area (Å²) in [6.07, 6.45) is 8.78. The molecule has 1 aliphatic carbocycles. The highest BCUT2D eigenvalue weighted by molar-refractivity contribution is 5.82. The molecule has 4 atom stereocenters. The van der Waals surface area contributed by atoms with E-state index in [0.29, 0.717) is 18.0 Å². The monoisotopic (exact) mass is 293 g/mol. The van der Waals surface area contributed by atoms with Gasteiger partial charge in [-0.1, -0.05) is 19.8 Å². The Morgan fingerprint density at radius 1 is 1.14 bits per heavy atom. The SMILES string of the molecule is CCC1CN(C(=O)C2CCC3CCCCC3N2)CCN1C. The maximum atomic E-state index is 12.8. The van der Waals surface area contributed by atoms with Crippen molar-refractivity contribution in [2.45, 2.75) is 70.0 Å². The van der Waals surface area contributed by atoms with E-state index < -0.39 is 0 Å². The highest BCUT2D eigenvalue weighted by Crippen LogP contribution is 2.32. The number of piperazine rings is 1. The van der Waals surface area contributed by atoms with Crippen molar-refractivity contribution < 1.29 is 4.79 Å². The fourth-order valence-electron chi connectivity index (χ4n) is 4.50. The number of hydrogen-bond donors (Lipinski definition) is 1. The molecule has 1 N–H and O–H groups in total. The minimum Gasteiger partial charge on any atom is -0.338 e. The van der Waals surface area contributed by atoms with Crippen LogP contribution >= 0.6 is 0 Å². The zero-order valence-corrected chi connectivity index (χ0v) is 13.7. The lowest BCUT2D eigenvalue weighted by atomic mass is 9.77. The number of piperidine rings is 1. The van der Waals surface area contributed by atoms with Gasteiger partial charge in [0.1, 0.15) is 0 Å². The van der Waals surface area contributed by atoms with Gasteiger partial charge in [0.05, 0.1) is 6.04 Å². The molecule has 3 fully saturated rings. The van der Waals surface area contributed by atoms with Gasteiger partial charge in [-0.2, -0.15) is 0 Å². The Balaban J connectivity index is 1.58. The quantitative estimate of drug-likeness (QED) is 0.844. The van der Waals surface area contributed by atoms with Crippen molar-refractivity contribution in [1.29, 1.82) is 0 Å². The van der Waals surface area contributed by atoms with E-state index >= 15 is 0 Å². The Morgan fingerprint density at radius 3 is 2.76 bits per heavy atom. The summed E-state index contributed by atoms with van der Waals surface area (Å²) in [5.74, 6) is 1.20. The molecule has 3 aliphatic rings. The fraction of sp³-hybridized carbons (Fsp3) is 0.941. The standard InChI is InChI=1S/C17H31N3O/c1-3-14-12-20(11-10-19(14)2)17(21)16-9-8-13-6-4-5-7-15(13)18-16/h13-16,18H,3-12H2,1-2H3. The van der Waals surface area contributed by atoms with Crippen LogP contribution in [0.4, 0.5) is 0 Å². The number of carbonyl (C=O) groups excluding carboxylic acids is 1. The number of amides is 1. The summed E-state index contributed by atoms with van der Waals surface area (Å²) in [7, 11) is 2.18. The predicted molar refractivity (Wildman–Crippen MR) is 85.2 cm³/mol. The normalized spacial score (nSPS) is 38.1. The van der Waals surface area contributed by atoms with Crippen LogP contribution in [-0.4, -0.2) is 60.5 Å². The molecular weight excluding hydrogens is 262 g/mol. The van der Waals surface area contributed by atoms with Gasteiger partial charge in [0.2, 0.25) is 5.91 Å². The first kappa shape index (κ1) is 15.3. The molecule has 1 amide bonds. The number of rotatable bonds is 2. The first-order valence-electron chi connectivity index (χ1n) is 8.94. The Morgan fingerprint density at radius 2 is 1.95 bits per heavy atom. The fourth-order valence-corrected chi connectivity index (χ4v) is 4.50. The molecule has 0 radical (unpaired) electrons. The Hall–Kier alpha value is -0.610. The van der Waals surface area contributed by atoms with E-state index in [1.165, 1.54) is 32.1 Å². The number of fused-ring (bicyclic) bond motifs is 1. The largest absolute Gasteiger partial charge is 0.338 e. The maximum Gasteiger partial charge on any atom is 0.239 e. The van der Waals surface area contributed by atoms with E-state index in [-0.39, 0.29) is 6.04 Å². The Bertz CT molecular complexity index is 373. The molecule has 4 heteroatoms. The van der Waals surface area contributed by atoms with Crippen molar-refractivity contribution >= 4 is 5.91 Å². The molecule has 2 saturated heterocycles. The highest BCUT2D eigenvalue weighted by Gasteiger charge is 2.37. The van der Waals surface area contributed by atoms with Crippen molar-refractivity contribution in [3.8, 4) is 0 Å². The molecule has 2 aliphatic heterocycles. The zero-order valence-electron chi connectivity index (χ0n) is 13.7. The summed E-state index contributed by atoms with van der Waals surface area (Å²) in [4.78, 5) is 17.4. The highest BCUT2D eigenvalue weighted by atomic mass is 16.2. The predicted octanol–water partition coefficient (Wildman–Crippen LogP) is 1.85. The van der Waals surface area contributed by atoms with Gasteiger partial charge in [-0.05, 0) is 45.1 Å². The summed E-state index contributed by atoms with van der Waals surface area (Å²) in [5.41, 5.74) is 0. The van der Waals surface area contributed by atoms with Gasteiger partial charge in [-0.3, -0.25) is 9.69 Å². The van der Waals surface area contributed by atoms with Gasteiger partial charge in [0.15, 0.2) is 0 Å². The Kier molecular flexibility index (Phi) is 4.85. The third-order valence-electron chi connectivity index (χ3n) is 6.01. The average molecular weight is 293 g/mol. The van der Waals surface area contributed by atoms with Gasteiger partial charge >= 0.3 is 0 Å². The van der Waals surface area contributed by atoms with E-state index in [4.69, 9.17) is 0 Å². The zero-order chi connectivity index (χ0) is 14.8. The van der Waals surface area contributed by atoms with Gasteiger partial charge < -0.3 is 10.2 Å². The van der Waals surface area contributed by atoms with Crippen molar-refractivity contribution in [1.82, 2.24) is 15.1 Å². The average Bonchev–Trinajstić information content (AvgIpc) is 2.54. The van der Waals surface area contributed by atoms with E-state index in [1.54, 1.807) is 0 Å².